The zero-order valence-electron chi connectivity index (χ0n) is 11.6. The van der Waals surface area contributed by atoms with Crippen molar-refractivity contribution in [2.24, 2.45) is 0 Å². The largest absolute Gasteiger partial charge is 0.480 e. The number of carboxylic acid groups (broad SMARTS) is 1. The Kier molecular flexibility index (Phi) is 6.61. The van der Waals surface area contributed by atoms with Crippen molar-refractivity contribution in [3.05, 3.63) is 24.3 Å². The van der Waals surface area contributed by atoms with Gasteiger partial charge in [-0.2, -0.15) is 13.2 Å². The van der Waals surface area contributed by atoms with E-state index in [0.29, 0.717) is 0 Å². The van der Waals surface area contributed by atoms with Crippen molar-refractivity contribution in [3.8, 4) is 11.5 Å². The third-order valence-electron chi connectivity index (χ3n) is 2.39. The second-order valence-electron chi connectivity index (χ2n) is 4.25. The normalized spacial score (nSPS) is 12.3. The Morgan fingerprint density at radius 1 is 1.17 bits per heavy atom. The number of aliphatic carboxylic acids is 1. The molecule has 1 aromatic rings. The molecule has 1 unspecified atom stereocenters. The van der Waals surface area contributed by atoms with Gasteiger partial charge >= 0.3 is 12.1 Å². The summed E-state index contributed by atoms with van der Waals surface area (Å²) in [5.41, 5.74) is 0. The Labute approximate surface area is 128 Å². The van der Waals surface area contributed by atoms with Gasteiger partial charge in [0.05, 0.1) is 0 Å². The molecular weight excluding hydrogens is 326 g/mol. The van der Waals surface area contributed by atoms with E-state index in [2.05, 4.69) is 4.74 Å². The number of amides is 1. The van der Waals surface area contributed by atoms with Gasteiger partial charge < -0.3 is 19.9 Å². The summed E-state index contributed by atoms with van der Waals surface area (Å²) in [5, 5.41) is 10.4. The number of carbonyl (C=O) groups is 2. The Hall–Kier alpha value is -2.52. The molecule has 2 N–H and O–H groups in total. The van der Waals surface area contributed by atoms with E-state index in [4.69, 9.17) is 9.84 Å². The second-order valence-corrected chi connectivity index (χ2v) is 4.25. The van der Waals surface area contributed by atoms with Crippen molar-refractivity contribution in [1.82, 2.24) is 5.32 Å². The molecule has 0 spiro atoms. The zero-order valence-corrected chi connectivity index (χ0v) is 11.6. The quantitative estimate of drug-likeness (QED) is 0.702. The SMILES string of the molecule is O=C(COc1ccccc1OCC(F)(F)F)NC(CF)C(=O)O. The standard InChI is InChI=1S/C13H13F4NO5/c14-5-8(12(20)21)18-11(19)6-22-9-3-1-2-4-10(9)23-7-13(15,16)17/h1-4,8H,5-7H2,(H,18,19)(H,20,21). The lowest BCUT2D eigenvalue weighted by Crippen LogP contribution is -2.44. The highest BCUT2D eigenvalue weighted by Crippen LogP contribution is 2.28. The first kappa shape index (κ1) is 18.5. The Bertz CT molecular complexity index is 549. The molecule has 0 aliphatic rings. The first-order valence-corrected chi connectivity index (χ1v) is 6.22. The van der Waals surface area contributed by atoms with E-state index < -0.39 is 44.0 Å². The number of benzene rings is 1. The van der Waals surface area contributed by atoms with Gasteiger partial charge in [0.2, 0.25) is 0 Å². The van der Waals surface area contributed by atoms with Crippen LogP contribution in [0.25, 0.3) is 0 Å². The highest BCUT2D eigenvalue weighted by molar-refractivity contribution is 5.84. The summed E-state index contributed by atoms with van der Waals surface area (Å²) in [4.78, 5) is 22.0. The lowest BCUT2D eigenvalue weighted by atomic mass is 10.3. The lowest BCUT2D eigenvalue weighted by Gasteiger charge is -2.14. The van der Waals surface area contributed by atoms with Gasteiger partial charge in [0, 0.05) is 0 Å². The van der Waals surface area contributed by atoms with Gasteiger partial charge in [-0.05, 0) is 12.1 Å². The minimum absolute atomic E-state index is 0.140. The van der Waals surface area contributed by atoms with Crippen LogP contribution in [0.2, 0.25) is 0 Å². The minimum atomic E-state index is -4.54. The number of para-hydroxylation sites is 2. The van der Waals surface area contributed by atoms with E-state index in [1.165, 1.54) is 24.3 Å². The zero-order chi connectivity index (χ0) is 17.5. The summed E-state index contributed by atoms with van der Waals surface area (Å²) in [6, 6.07) is 3.60. The van der Waals surface area contributed by atoms with E-state index >= 15 is 0 Å². The molecule has 0 heterocycles. The topological polar surface area (TPSA) is 84.9 Å². The molecule has 6 nitrogen and oxygen atoms in total. The Morgan fingerprint density at radius 3 is 2.22 bits per heavy atom. The number of halogens is 4. The van der Waals surface area contributed by atoms with Crippen LogP contribution in [-0.4, -0.2) is 49.1 Å². The second kappa shape index (κ2) is 8.20. The third-order valence-corrected chi connectivity index (χ3v) is 2.39. The van der Waals surface area contributed by atoms with Crippen LogP contribution in [0, 0.1) is 0 Å². The molecule has 23 heavy (non-hydrogen) atoms. The molecule has 1 amide bonds. The van der Waals surface area contributed by atoms with Gasteiger partial charge in [0.25, 0.3) is 5.91 Å². The number of alkyl halides is 4. The van der Waals surface area contributed by atoms with Crippen LogP contribution in [0.5, 0.6) is 11.5 Å². The maximum atomic E-state index is 12.3. The van der Waals surface area contributed by atoms with Crippen LogP contribution >= 0.6 is 0 Å². The van der Waals surface area contributed by atoms with Gasteiger partial charge in [0.15, 0.2) is 30.8 Å². The van der Waals surface area contributed by atoms with E-state index in [-0.39, 0.29) is 11.5 Å². The Morgan fingerprint density at radius 2 is 1.74 bits per heavy atom. The fourth-order valence-corrected chi connectivity index (χ4v) is 1.39. The molecular formula is C13H13F4NO5. The molecule has 0 bridgehead atoms. The lowest BCUT2D eigenvalue weighted by molar-refractivity contribution is -0.153. The summed E-state index contributed by atoms with van der Waals surface area (Å²) in [5.74, 6) is -2.88. The Balaban J connectivity index is 2.60. The van der Waals surface area contributed by atoms with Crippen molar-refractivity contribution in [2.45, 2.75) is 12.2 Å². The van der Waals surface area contributed by atoms with Crippen molar-refractivity contribution >= 4 is 11.9 Å². The van der Waals surface area contributed by atoms with Crippen LogP contribution in [0.3, 0.4) is 0 Å². The first-order valence-electron chi connectivity index (χ1n) is 6.22. The molecule has 0 aliphatic carbocycles. The number of rotatable bonds is 8. The van der Waals surface area contributed by atoms with Gasteiger partial charge in [0.1, 0.15) is 6.67 Å². The monoisotopic (exact) mass is 339 g/mol. The summed E-state index contributed by atoms with van der Waals surface area (Å²) in [6.45, 7) is -3.56. The summed E-state index contributed by atoms with van der Waals surface area (Å²) < 4.78 is 58.2. The number of carboxylic acids is 1. The molecule has 0 aromatic heterocycles. The van der Waals surface area contributed by atoms with Gasteiger partial charge in [-0.25, -0.2) is 9.18 Å². The number of ether oxygens (including phenoxy) is 2. The molecule has 0 saturated heterocycles. The average molecular weight is 339 g/mol. The number of nitrogens with one attached hydrogen (secondary N) is 1. The maximum absolute atomic E-state index is 12.3. The molecule has 1 rings (SSSR count). The van der Waals surface area contributed by atoms with E-state index in [0.717, 1.165) is 0 Å². The smallest absolute Gasteiger partial charge is 0.422 e. The highest BCUT2D eigenvalue weighted by atomic mass is 19.4. The van der Waals surface area contributed by atoms with Crippen LogP contribution in [0.4, 0.5) is 17.6 Å². The summed E-state index contributed by atoms with van der Waals surface area (Å²) >= 11 is 0. The van der Waals surface area contributed by atoms with E-state index in [1.807, 2.05) is 5.32 Å². The van der Waals surface area contributed by atoms with Crippen molar-refractivity contribution < 1.29 is 41.7 Å². The van der Waals surface area contributed by atoms with Gasteiger partial charge in [-0.15, -0.1) is 0 Å². The first-order chi connectivity index (χ1) is 10.7. The third kappa shape index (κ3) is 6.85. The molecule has 0 aliphatic heterocycles. The van der Waals surface area contributed by atoms with Crippen LogP contribution in [0.1, 0.15) is 0 Å². The van der Waals surface area contributed by atoms with Gasteiger partial charge in [-0.3, -0.25) is 4.79 Å². The average Bonchev–Trinajstić information content (AvgIpc) is 2.48. The van der Waals surface area contributed by atoms with Gasteiger partial charge in [-0.1, -0.05) is 12.1 Å². The maximum Gasteiger partial charge on any atom is 0.422 e. The fraction of sp³-hybridized carbons (Fsp3) is 0.385. The minimum Gasteiger partial charge on any atom is -0.480 e. The fourth-order valence-electron chi connectivity index (χ4n) is 1.39. The van der Waals surface area contributed by atoms with Crippen LogP contribution < -0.4 is 14.8 Å². The van der Waals surface area contributed by atoms with E-state index in [9.17, 15) is 27.2 Å². The molecule has 0 fully saturated rings. The molecule has 1 atom stereocenters. The van der Waals surface area contributed by atoms with Crippen molar-refractivity contribution in [2.75, 3.05) is 19.9 Å². The highest BCUT2D eigenvalue weighted by Gasteiger charge is 2.29. The van der Waals surface area contributed by atoms with E-state index in [1.54, 1.807) is 0 Å². The predicted molar refractivity (Wildman–Crippen MR) is 69.0 cm³/mol. The summed E-state index contributed by atoms with van der Waals surface area (Å²) in [6.07, 6.45) is -4.54. The molecule has 0 saturated carbocycles. The predicted octanol–water partition coefficient (Wildman–Crippen LogP) is 1.55. The van der Waals surface area contributed by atoms with Crippen LogP contribution in [0.15, 0.2) is 24.3 Å². The van der Waals surface area contributed by atoms with Crippen LogP contribution in [-0.2, 0) is 9.59 Å². The number of hydrogen-bond donors (Lipinski definition) is 2. The molecule has 128 valence electrons. The molecule has 0 radical (unpaired) electrons. The van der Waals surface area contributed by atoms with Crippen molar-refractivity contribution in [1.29, 1.82) is 0 Å². The number of hydrogen-bond acceptors (Lipinski definition) is 4. The summed E-state index contributed by atoms with van der Waals surface area (Å²) in [7, 11) is 0. The molecule has 1 aromatic carbocycles. The molecule has 10 heteroatoms. The number of carbonyl (C=O) groups excluding carboxylic acids is 1. The van der Waals surface area contributed by atoms with Crippen molar-refractivity contribution in [3.63, 3.8) is 0 Å².